The topological polar surface area (TPSA) is 117 Å². The minimum absolute atomic E-state index is 0.0726. The Bertz CT molecular complexity index is 396. The van der Waals surface area contributed by atoms with Crippen molar-refractivity contribution in [3.05, 3.63) is 24.2 Å². The van der Waals surface area contributed by atoms with Crippen molar-refractivity contribution < 1.29 is 29.0 Å². The molecule has 7 heteroatoms. The number of carboxylic acid groups (broad SMARTS) is 2. The Hall–Kier alpha value is -2.31. The number of carbonyl (C=O) groups excluding carboxylic acids is 1. The summed E-state index contributed by atoms with van der Waals surface area (Å²) < 4.78 is 4.73. The molecule has 0 aromatic carbocycles. The van der Waals surface area contributed by atoms with Gasteiger partial charge in [0.05, 0.1) is 12.7 Å². The number of carboxylic acids is 2. The van der Waals surface area contributed by atoms with Crippen molar-refractivity contribution in [2.45, 2.75) is 12.5 Å². The van der Waals surface area contributed by atoms with Gasteiger partial charge in [0.25, 0.3) is 5.91 Å². The summed E-state index contributed by atoms with van der Waals surface area (Å²) in [5, 5.41) is 19.1. The SMILES string of the molecule is O=C(O)C[C@@H](NC(=O)c1ccco1)C(=O)O. The van der Waals surface area contributed by atoms with Crippen LogP contribution in [0.2, 0.25) is 0 Å². The lowest BCUT2D eigenvalue weighted by Gasteiger charge is -2.10. The van der Waals surface area contributed by atoms with Crippen LogP contribution in [0.5, 0.6) is 0 Å². The first kappa shape index (κ1) is 11.8. The summed E-state index contributed by atoms with van der Waals surface area (Å²) in [6.07, 6.45) is 0.559. The molecule has 0 aliphatic carbocycles. The Morgan fingerprint density at radius 3 is 2.50 bits per heavy atom. The fourth-order valence-electron chi connectivity index (χ4n) is 1.01. The van der Waals surface area contributed by atoms with Crippen LogP contribution in [0, 0.1) is 0 Å². The summed E-state index contributed by atoms with van der Waals surface area (Å²) in [5.41, 5.74) is 0. The monoisotopic (exact) mass is 227 g/mol. The van der Waals surface area contributed by atoms with Crippen LogP contribution in [0.3, 0.4) is 0 Å². The second-order valence-electron chi connectivity index (χ2n) is 2.94. The fraction of sp³-hybridized carbons (Fsp3) is 0.222. The van der Waals surface area contributed by atoms with Gasteiger partial charge in [-0.1, -0.05) is 0 Å². The van der Waals surface area contributed by atoms with Crippen LogP contribution >= 0.6 is 0 Å². The first-order valence-electron chi connectivity index (χ1n) is 4.29. The van der Waals surface area contributed by atoms with E-state index in [0.717, 1.165) is 0 Å². The predicted octanol–water partition coefficient (Wildman–Crippen LogP) is -0.0627. The number of amides is 1. The molecule has 0 fully saturated rings. The molecule has 1 aromatic rings. The molecule has 0 aliphatic heterocycles. The predicted molar refractivity (Wildman–Crippen MR) is 49.9 cm³/mol. The highest BCUT2D eigenvalue weighted by Gasteiger charge is 2.24. The van der Waals surface area contributed by atoms with Crippen LogP contribution in [-0.2, 0) is 9.59 Å². The van der Waals surface area contributed by atoms with Crippen molar-refractivity contribution in [1.29, 1.82) is 0 Å². The number of hydrogen-bond acceptors (Lipinski definition) is 4. The van der Waals surface area contributed by atoms with Crippen molar-refractivity contribution in [2.24, 2.45) is 0 Å². The normalized spacial score (nSPS) is 11.8. The Morgan fingerprint density at radius 1 is 1.38 bits per heavy atom. The third-order valence-electron chi connectivity index (χ3n) is 1.73. The molecule has 0 spiro atoms. The van der Waals surface area contributed by atoms with Crippen LogP contribution in [-0.4, -0.2) is 34.1 Å². The van der Waals surface area contributed by atoms with Crippen LogP contribution in [0.15, 0.2) is 22.8 Å². The summed E-state index contributed by atoms with van der Waals surface area (Å²) in [6.45, 7) is 0. The van der Waals surface area contributed by atoms with Crippen molar-refractivity contribution in [1.82, 2.24) is 5.32 Å². The van der Waals surface area contributed by atoms with E-state index in [9.17, 15) is 14.4 Å². The summed E-state index contributed by atoms with van der Waals surface area (Å²) in [7, 11) is 0. The highest BCUT2D eigenvalue weighted by molar-refractivity contribution is 5.95. The maximum atomic E-state index is 11.3. The first-order valence-corrected chi connectivity index (χ1v) is 4.29. The van der Waals surface area contributed by atoms with Gasteiger partial charge in [-0.3, -0.25) is 9.59 Å². The number of rotatable bonds is 5. The molecule has 0 saturated heterocycles. The molecule has 1 atom stereocenters. The summed E-state index contributed by atoms with van der Waals surface area (Å²) in [5.74, 6) is -3.57. The van der Waals surface area contributed by atoms with Gasteiger partial charge in [0, 0.05) is 0 Å². The Labute approximate surface area is 89.7 Å². The van der Waals surface area contributed by atoms with E-state index in [1.165, 1.54) is 18.4 Å². The van der Waals surface area contributed by atoms with Crippen LogP contribution < -0.4 is 5.32 Å². The molecular weight excluding hydrogens is 218 g/mol. The standard InChI is InChI=1S/C9H9NO6/c11-7(12)4-5(9(14)15)10-8(13)6-2-1-3-16-6/h1-3,5H,4H2,(H,10,13)(H,11,12)(H,14,15)/t5-/m1/s1. The largest absolute Gasteiger partial charge is 0.481 e. The minimum atomic E-state index is -1.48. The molecule has 1 rings (SSSR count). The first-order chi connectivity index (χ1) is 7.50. The molecule has 3 N–H and O–H groups in total. The van der Waals surface area contributed by atoms with Gasteiger partial charge in [-0.2, -0.15) is 0 Å². The summed E-state index contributed by atoms with van der Waals surface area (Å²) in [6, 6.07) is 1.33. The number of carbonyl (C=O) groups is 3. The molecule has 0 aliphatic rings. The number of furan rings is 1. The second-order valence-corrected chi connectivity index (χ2v) is 2.94. The highest BCUT2D eigenvalue weighted by Crippen LogP contribution is 2.01. The van der Waals surface area contributed by atoms with Gasteiger partial charge in [0.2, 0.25) is 0 Å². The zero-order valence-electron chi connectivity index (χ0n) is 8.04. The average molecular weight is 227 g/mol. The maximum absolute atomic E-state index is 11.3. The molecule has 16 heavy (non-hydrogen) atoms. The van der Waals surface area contributed by atoms with Gasteiger partial charge in [-0.05, 0) is 12.1 Å². The van der Waals surface area contributed by atoms with Gasteiger partial charge >= 0.3 is 11.9 Å². The highest BCUT2D eigenvalue weighted by atomic mass is 16.4. The van der Waals surface area contributed by atoms with E-state index in [1.807, 2.05) is 5.32 Å². The number of nitrogens with one attached hydrogen (secondary N) is 1. The van der Waals surface area contributed by atoms with Gasteiger partial charge in [0.15, 0.2) is 5.76 Å². The van der Waals surface area contributed by atoms with Crippen LogP contribution in [0.4, 0.5) is 0 Å². The quantitative estimate of drug-likeness (QED) is 0.648. The smallest absolute Gasteiger partial charge is 0.326 e. The van der Waals surface area contributed by atoms with Crippen LogP contribution in [0.1, 0.15) is 17.0 Å². The number of hydrogen-bond donors (Lipinski definition) is 3. The Morgan fingerprint density at radius 2 is 2.06 bits per heavy atom. The molecule has 0 saturated carbocycles. The fourth-order valence-corrected chi connectivity index (χ4v) is 1.01. The van der Waals surface area contributed by atoms with E-state index in [-0.39, 0.29) is 5.76 Å². The molecule has 1 aromatic heterocycles. The van der Waals surface area contributed by atoms with Gasteiger partial charge in [-0.25, -0.2) is 4.79 Å². The lowest BCUT2D eigenvalue weighted by molar-refractivity contribution is -0.145. The molecule has 0 unspecified atom stereocenters. The molecule has 0 bridgehead atoms. The van der Waals surface area contributed by atoms with E-state index in [0.29, 0.717) is 0 Å². The van der Waals surface area contributed by atoms with E-state index in [4.69, 9.17) is 14.6 Å². The third kappa shape index (κ3) is 3.12. The van der Waals surface area contributed by atoms with Gasteiger partial charge in [-0.15, -0.1) is 0 Å². The van der Waals surface area contributed by atoms with Crippen LogP contribution in [0.25, 0.3) is 0 Å². The molecule has 7 nitrogen and oxygen atoms in total. The maximum Gasteiger partial charge on any atom is 0.326 e. The molecule has 86 valence electrons. The lowest BCUT2D eigenvalue weighted by Crippen LogP contribution is -2.42. The van der Waals surface area contributed by atoms with Crippen molar-refractivity contribution >= 4 is 17.8 Å². The average Bonchev–Trinajstić information content (AvgIpc) is 2.68. The molecular formula is C9H9NO6. The van der Waals surface area contributed by atoms with E-state index in [1.54, 1.807) is 0 Å². The zero-order chi connectivity index (χ0) is 12.1. The number of aliphatic carboxylic acids is 2. The summed E-state index contributed by atoms with van der Waals surface area (Å²) in [4.78, 5) is 32.3. The molecule has 1 amide bonds. The minimum Gasteiger partial charge on any atom is -0.481 e. The molecule has 1 heterocycles. The lowest BCUT2D eigenvalue weighted by atomic mass is 10.2. The van der Waals surface area contributed by atoms with Crippen molar-refractivity contribution in [3.8, 4) is 0 Å². The van der Waals surface area contributed by atoms with Gasteiger partial charge in [0.1, 0.15) is 6.04 Å². The third-order valence-corrected chi connectivity index (χ3v) is 1.73. The Balaban J connectivity index is 2.65. The molecule has 0 radical (unpaired) electrons. The van der Waals surface area contributed by atoms with E-state index in [2.05, 4.69) is 0 Å². The Kier molecular flexibility index (Phi) is 3.65. The summed E-state index contributed by atoms with van der Waals surface area (Å²) >= 11 is 0. The zero-order valence-corrected chi connectivity index (χ0v) is 8.04. The van der Waals surface area contributed by atoms with E-state index >= 15 is 0 Å². The van der Waals surface area contributed by atoms with Crippen molar-refractivity contribution in [2.75, 3.05) is 0 Å². The van der Waals surface area contributed by atoms with Crippen molar-refractivity contribution in [3.63, 3.8) is 0 Å². The second kappa shape index (κ2) is 4.96. The van der Waals surface area contributed by atoms with Gasteiger partial charge < -0.3 is 19.9 Å². The van der Waals surface area contributed by atoms with E-state index < -0.39 is 30.3 Å².